The van der Waals surface area contributed by atoms with E-state index in [1.807, 2.05) is 54.6 Å². The number of benzene rings is 4. The summed E-state index contributed by atoms with van der Waals surface area (Å²) in [4.78, 5) is 17.7. The van der Waals surface area contributed by atoms with Gasteiger partial charge in [-0.15, -0.1) is 0 Å². The number of amides is 1. The molecule has 1 amide bonds. The first-order valence-electron chi connectivity index (χ1n) is 9.77. The number of carbonyl (C=O) groups excluding carboxylic acids is 1. The van der Waals surface area contributed by atoms with Crippen LogP contribution in [0.2, 0.25) is 5.02 Å². The molecule has 1 heterocycles. The third kappa shape index (κ3) is 3.61. The van der Waals surface area contributed by atoms with Gasteiger partial charge in [0.25, 0.3) is 5.91 Å². The number of hydrogen-bond acceptors (Lipinski definition) is 4. The maximum Gasteiger partial charge on any atom is 0.259 e. The van der Waals surface area contributed by atoms with Gasteiger partial charge in [-0.05, 0) is 63.1 Å². The number of hydrogen-bond donors (Lipinski definition) is 1. The van der Waals surface area contributed by atoms with Crippen LogP contribution >= 0.6 is 27.5 Å². The number of oxazole rings is 1. The fourth-order valence-electron chi connectivity index (χ4n) is 3.61. The van der Waals surface area contributed by atoms with Crippen molar-refractivity contribution < 1.29 is 13.9 Å². The van der Waals surface area contributed by atoms with E-state index in [4.69, 9.17) is 20.8 Å². The predicted octanol–water partition coefficient (Wildman–Crippen LogP) is 7.32. The first-order valence-corrected chi connectivity index (χ1v) is 10.9. The topological polar surface area (TPSA) is 64.4 Å². The summed E-state index contributed by atoms with van der Waals surface area (Å²) in [6, 6.07) is 22.2. The Morgan fingerprint density at radius 3 is 2.66 bits per heavy atom. The highest BCUT2D eigenvalue weighted by Gasteiger charge is 2.19. The van der Waals surface area contributed by atoms with Crippen LogP contribution < -0.4 is 10.1 Å². The van der Waals surface area contributed by atoms with Gasteiger partial charge in [-0.2, -0.15) is 0 Å². The molecule has 0 saturated heterocycles. The second-order valence-electron chi connectivity index (χ2n) is 7.13. The minimum absolute atomic E-state index is 0.306. The van der Waals surface area contributed by atoms with E-state index in [1.165, 1.54) is 0 Å². The van der Waals surface area contributed by atoms with Gasteiger partial charge < -0.3 is 14.5 Å². The van der Waals surface area contributed by atoms with E-state index in [9.17, 15) is 4.79 Å². The Morgan fingerprint density at radius 2 is 1.84 bits per heavy atom. The lowest BCUT2D eigenvalue weighted by molar-refractivity contribution is 0.102. The Kier molecular flexibility index (Phi) is 5.33. The standard InChI is InChI=1S/C25H16BrClN2O3/c1-31-23-18(12-14-6-2-3-7-16(14)22(23)26)24(30)28-15-10-11-19(27)17(13-15)25-29-20-8-4-5-9-21(20)32-25/h2-13H,1H3,(H,28,30). The zero-order valence-corrected chi connectivity index (χ0v) is 19.2. The number of para-hydroxylation sites is 2. The van der Waals surface area contributed by atoms with Gasteiger partial charge >= 0.3 is 0 Å². The number of ether oxygens (including phenoxy) is 1. The summed E-state index contributed by atoms with van der Waals surface area (Å²) in [5, 5.41) is 5.29. The number of anilines is 1. The van der Waals surface area contributed by atoms with Crippen LogP contribution in [0.5, 0.6) is 5.75 Å². The average Bonchev–Trinajstić information content (AvgIpc) is 3.24. The number of fused-ring (bicyclic) bond motifs is 2. The van der Waals surface area contributed by atoms with Crippen molar-refractivity contribution >= 4 is 61.0 Å². The third-order valence-electron chi connectivity index (χ3n) is 5.14. The fraction of sp³-hybridized carbons (Fsp3) is 0.0400. The highest BCUT2D eigenvalue weighted by molar-refractivity contribution is 9.10. The van der Waals surface area contributed by atoms with Crippen LogP contribution in [0, 0.1) is 0 Å². The zero-order chi connectivity index (χ0) is 22.2. The SMILES string of the molecule is COc1c(C(=O)Nc2ccc(Cl)c(-c3nc4ccccc4o3)c2)cc2ccccc2c1Br. The molecule has 158 valence electrons. The van der Waals surface area contributed by atoms with E-state index in [-0.39, 0.29) is 5.91 Å². The Bertz CT molecular complexity index is 1460. The predicted molar refractivity (Wildman–Crippen MR) is 131 cm³/mol. The van der Waals surface area contributed by atoms with Crippen molar-refractivity contribution in [2.75, 3.05) is 12.4 Å². The monoisotopic (exact) mass is 506 g/mol. The van der Waals surface area contributed by atoms with Crippen molar-refractivity contribution in [3.05, 3.63) is 87.9 Å². The molecule has 1 aromatic heterocycles. The maximum absolute atomic E-state index is 13.2. The summed E-state index contributed by atoms with van der Waals surface area (Å²) in [6.07, 6.45) is 0. The average molecular weight is 508 g/mol. The maximum atomic E-state index is 13.2. The lowest BCUT2D eigenvalue weighted by Crippen LogP contribution is -2.13. The van der Waals surface area contributed by atoms with Crippen molar-refractivity contribution in [2.24, 2.45) is 0 Å². The van der Waals surface area contributed by atoms with Crippen LogP contribution in [0.3, 0.4) is 0 Å². The molecule has 32 heavy (non-hydrogen) atoms. The molecule has 0 radical (unpaired) electrons. The highest BCUT2D eigenvalue weighted by atomic mass is 79.9. The number of halogens is 2. The van der Waals surface area contributed by atoms with Crippen LogP contribution in [0.4, 0.5) is 5.69 Å². The van der Waals surface area contributed by atoms with Crippen molar-refractivity contribution in [2.45, 2.75) is 0 Å². The van der Waals surface area contributed by atoms with Crippen molar-refractivity contribution in [3.8, 4) is 17.2 Å². The third-order valence-corrected chi connectivity index (χ3v) is 6.26. The van der Waals surface area contributed by atoms with Gasteiger partial charge in [0.1, 0.15) is 11.3 Å². The summed E-state index contributed by atoms with van der Waals surface area (Å²) < 4.78 is 12.1. The second kappa shape index (κ2) is 8.30. The van der Waals surface area contributed by atoms with E-state index in [2.05, 4.69) is 26.2 Å². The first kappa shape index (κ1) is 20.5. The molecule has 5 nitrogen and oxygen atoms in total. The van der Waals surface area contributed by atoms with Gasteiger partial charge in [0, 0.05) is 5.69 Å². The van der Waals surface area contributed by atoms with Crippen molar-refractivity contribution in [3.63, 3.8) is 0 Å². The van der Waals surface area contributed by atoms with Gasteiger partial charge in [0.2, 0.25) is 5.89 Å². The minimum atomic E-state index is -0.306. The molecule has 5 aromatic rings. The molecule has 0 atom stereocenters. The minimum Gasteiger partial charge on any atom is -0.495 e. The van der Waals surface area contributed by atoms with Crippen LogP contribution in [0.15, 0.2) is 81.7 Å². The Morgan fingerprint density at radius 1 is 1.06 bits per heavy atom. The number of nitrogens with one attached hydrogen (secondary N) is 1. The molecule has 0 unspecified atom stereocenters. The number of aromatic nitrogens is 1. The Hall–Kier alpha value is -3.35. The highest BCUT2D eigenvalue weighted by Crippen LogP contribution is 2.37. The fourth-order valence-corrected chi connectivity index (χ4v) is 4.54. The number of rotatable bonds is 4. The van der Waals surface area contributed by atoms with Crippen LogP contribution in [-0.4, -0.2) is 18.0 Å². The van der Waals surface area contributed by atoms with E-state index in [0.717, 1.165) is 20.8 Å². The Labute approximate surface area is 197 Å². The smallest absolute Gasteiger partial charge is 0.259 e. The van der Waals surface area contributed by atoms with Crippen LogP contribution in [0.25, 0.3) is 33.3 Å². The van der Waals surface area contributed by atoms with Crippen LogP contribution in [0.1, 0.15) is 10.4 Å². The molecule has 4 aromatic carbocycles. The van der Waals surface area contributed by atoms with Crippen LogP contribution in [-0.2, 0) is 0 Å². The van der Waals surface area contributed by atoms with E-state index >= 15 is 0 Å². The number of carbonyl (C=O) groups is 1. The van der Waals surface area contributed by atoms with Crippen molar-refractivity contribution in [1.82, 2.24) is 4.98 Å². The van der Waals surface area contributed by atoms with Crippen molar-refractivity contribution in [1.29, 1.82) is 0 Å². The number of nitrogens with zero attached hydrogens (tertiary/aromatic N) is 1. The molecule has 0 fully saturated rings. The molecular weight excluding hydrogens is 492 g/mol. The molecule has 0 aliphatic carbocycles. The summed E-state index contributed by atoms with van der Waals surface area (Å²) in [5.41, 5.74) is 2.96. The van der Waals surface area contributed by atoms with Gasteiger partial charge in [-0.25, -0.2) is 4.98 Å². The van der Waals surface area contributed by atoms with Gasteiger partial charge in [0.15, 0.2) is 5.58 Å². The molecule has 0 saturated carbocycles. The largest absolute Gasteiger partial charge is 0.495 e. The van der Waals surface area contributed by atoms with Gasteiger partial charge in [-0.3, -0.25) is 4.79 Å². The molecule has 7 heteroatoms. The quantitative estimate of drug-likeness (QED) is 0.277. The molecule has 1 N–H and O–H groups in total. The molecular formula is C25H16BrClN2O3. The zero-order valence-electron chi connectivity index (χ0n) is 16.9. The lowest BCUT2D eigenvalue weighted by Gasteiger charge is -2.14. The normalized spacial score (nSPS) is 11.1. The summed E-state index contributed by atoms with van der Waals surface area (Å²) in [5.74, 6) is 0.548. The van der Waals surface area contributed by atoms with E-state index in [0.29, 0.717) is 39.1 Å². The molecule has 0 aliphatic rings. The molecule has 5 rings (SSSR count). The first-order chi connectivity index (χ1) is 15.5. The van der Waals surface area contributed by atoms with E-state index < -0.39 is 0 Å². The summed E-state index contributed by atoms with van der Waals surface area (Å²) in [6.45, 7) is 0. The Balaban J connectivity index is 1.52. The summed E-state index contributed by atoms with van der Waals surface area (Å²) in [7, 11) is 1.54. The van der Waals surface area contributed by atoms with Gasteiger partial charge in [-0.1, -0.05) is 48.0 Å². The molecule has 0 bridgehead atoms. The molecule has 0 spiro atoms. The van der Waals surface area contributed by atoms with E-state index in [1.54, 1.807) is 25.3 Å². The molecule has 0 aliphatic heterocycles. The lowest BCUT2D eigenvalue weighted by atomic mass is 10.0. The van der Waals surface area contributed by atoms with Gasteiger partial charge in [0.05, 0.1) is 27.7 Å². The number of methoxy groups -OCH3 is 1. The second-order valence-corrected chi connectivity index (χ2v) is 8.33. The summed E-state index contributed by atoms with van der Waals surface area (Å²) >= 11 is 9.98.